The molecule has 3 N–H and O–H groups in total. The number of nitrogens with zero attached hydrogens (tertiary/aromatic N) is 3. The molecule has 5 rings (SSSR count). The number of ether oxygens (including phenoxy) is 1. The van der Waals surface area contributed by atoms with E-state index in [2.05, 4.69) is 38.2 Å². The average Bonchev–Trinajstić information content (AvgIpc) is 3.20. The van der Waals surface area contributed by atoms with Crippen LogP contribution in [0.3, 0.4) is 0 Å². The topological polar surface area (TPSA) is 74.3 Å². The number of aromatic nitrogens is 2. The molecule has 154 valence electrons. The number of halogens is 1. The van der Waals surface area contributed by atoms with Gasteiger partial charge in [-0.1, -0.05) is 35.9 Å². The standard InChI is InChI=1S/C22H23ClN6O/c1-30-17-8-4-15(5-9-17)13-29-11-10-18-19-20(28-27-18)25-22(26-21(19)29)24-12-14-2-6-16(23)7-3-14/h2-9,18,27H,10-13H2,1H3,(H2,24,25,26,28). The van der Waals surface area contributed by atoms with Gasteiger partial charge in [-0.25, -0.2) is 5.43 Å². The van der Waals surface area contributed by atoms with Gasteiger partial charge in [0, 0.05) is 24.7 Å². The first-order valence-electron chi connectivity index (χ1n) is 9.99. The Morgan fingerprint density at radius 1 is 1.10 bits per heavy atom. The number of hydrazine groups is 1. The predicted octanol–water partition coefficient (Wildman–Crippen LogP) is 4.13. The molecule has 0 amide bonds. The number of hydrogen-bond donors (Lipinski definition) is 3. The van der Waals surface area contributed by atoms with E-state index in [0.717, 1.165) is 53.0 Å². The zero-order chi connectivity index (χ0) is 20.5. The van der Waals surface area contributed by atoms with Crippen LogP contribution in [-0.4, -0.2) is 23.6 Å². The fourth-order valence-electron chi connectivity index (χ4n) is 3.92. The van der Waals surface area contributed by atoms with Crippen LogP contribution >= 0.6 is 11.6 Å². The molecule has 1 aromatic heterocycles. The summed E-state index contributed by atoms with van der Waals surface area (Å²) in [5.41, 5.74) is 10.0. The van der Waals surface area contributed by atoms with Crippen molar-refractivity contribution in [1.82, 2.24) is 15.4 Å². The average molecular weight is 423 g/mol. The molecule has 1 atom stereocenters. The van der Waals surface area contributed by atoms with Gasteiger partial charge in [-0.3, -0.25) is 0 Å². The summed E-state index contributed by atoms with van der Waals surface area (Å²) < 4.78 is 5.27. The Morgan fingerprint density at radius 2 is 1.87 bits per heavy atom. The van der Waals surface area contributed by atoms with Crippen LogP contribution in [0.1, 0.15) is 29.2 Å². The van der Waals surface area contributed by atoms with E-state index in [4.69, 9.17) is 21.3 Å². The summed E-state index contributed by atoms with van der Waals surface area (Å²) >= 11 is 5.98. The van der Waals surface area contributed by atoms with Gasteiger partial charge in [0.15, 0.2) is 5.82 Å². The van der Waals surface area contributed by atoms with Crippen LogP contribution in [0, 0.1) is 0 Å². The molecule has 0 bridgehead atoms. The quantitative estimate of drug-likeness (QED) is 0.551. The molecule has 0 saturated carbocycles. The summed E-state index contributed by atoms with van der Waals surface area (Å²) in [7, 11) is 1.68. The van der Waals surface area contributed by atoms with Gasteiger partial charge in [-0.2, -0.15) is 9.97 Å². The van der Waals surface area contributed by atoms with Gasteiger partial charge in [-0.05, 0) is 41.8 Å². The highest BCUT2D eigenvalue weighted by Gasteiger charge is 2.34. The van der Waals surface area contributed by atoms with E-state index in [1.807, 2.05) is 36.4 Å². The lowest BCUT2D eigenvalue weighted by Gasteiger charge is -2.32. The minimum absolute atomic E-state index is 0.243. The van der Waals surface area contributed by atoms with E-state index in [-0.39, 0.29) is 6.04 Å². The number of nitrogens with one attached hydrogen (secondary N) is 3. The number of benzene rings is 2. The van der Waals surface area contributed by atoms with Crippen LogP contribution in [0.2, 0.25) is 5.02 Å². The molecule has 0 spiro atoms. The molecular formula is C22H23ClN6O. The lowest BCUT2D eigenvalue weighted by atomic mass is 10.0. The van der Waals surface area contributed by atoms with Crippen molar-refractivity contribution in [2.24, 2.45) is 0 Å². The summed E-state index contributed by atoms with van der Waals surface area (Å²) in [4.78, 5) is 11.9. The Morgan fingerprint density at radius 3 is 2.63 bits per heavy atom. The molecule has 0 aliphatic carbocycles. The molecular weight excluding hydrogens is 400 g/mol. The zero-order valence-corrected chi connectivity index (χ0v) is 17.4. The lowest BCUT2D eigenvalue weighted by Crippen LogP contribution is -2.34. The van der Waals surface area contributed by atoms with Gasteiger partial charge >= 0.3 is 0 Å². The second-order valence-electron chi connectivity index (χ2n) is 7.49. The van der Waals surface area contributed by atoms with Crippen LogP contribution in [-0.2, 0) is 13.1 Å². The van der Waals surface area contributed by atoms with Crippen molar-refractivity contribution in [2.45, 2.75) is 25.6 Å². The molecule has 2 aromatic carbocycles. The van der Waals surface area contributed by atoms with Gasteiger partial charge in [0.05, 0.1) is 18.7 Å². The number of anilines is 3. The Hall–Kier alpha value is -3.03. The van der Waals surface area contributed by atoms with Crippen molar-refractivity contribution in [3.8, 4) is 5.75 Å². The normalized spacial score (nSPS) is 16.7. The molecule has 0 radical (unpaired) electrons. The first kappa shape index (κ1) is 19.0. The van der Waals surface area contributed by atoms with Crippen LogP contribution in [0.5, 0.6) is 5.75 Å². The molecule has 2 aliphatic heterocycles. The Labute approximate surface area is 180 Å². The number of methoxy groups -OCH3 is 1. The van der Waals surface area contributed by atoms with Crippen molar-refractivity contribution in [3.05, 3.63) is 70.2 Å². The van der Waals surface area contributed by atoms with Gasteiger partial charge in [0.2, 0.25) is 5.95 Å². The van der Waals surface area contributed by atoms with Crippen LogP contribution in [0.15, 0.2) is 48.5 Å². The van der Waals surface area contributed by atoms with Gasteiger partial charge < -0.3 is 20.4 Å². The maximum absolute atomic E-state index is 5.98. The third-order valence-electron chi connectivity index (χ3n) is 5.52. The van der Waals surface area contributed by atoms with Crippen LogP contribution < -0.4 is 25.8 Å². The first-order chi connectivity index (χ1) is 14.7. The Balaban J connectivity index is 1.39. The Bertz CT molecular complexity index is 1040. The second kappa shape index (κ2) is 8.01. The van der Waals surface area contributed by atoms with Gasteiger partial charge in [0.1, 0.15) is 11.6 Å². The first-order valence-corrected chi connectivity index (χ1v) is 10.4. The van der Waals surface area contributed by atoms with Crippen molar-refractivity contribution in [3.63, 3.8) is 0 Å². The fraction of sp³-hybridized carbons (Fsp3) is 0.273. The molecule has 8 heteroatoms. The van der Waals surface area contributed by atoms with E-state index >= 15 is 0 Å². The third kappa shape index (κ3) is 3.74. The summed E-state index contributed by atoms with van der Waals surface area (Å²) in [6.45, 7) is 2.34. The summed E-state index contributed by atoms with van der Waals surface area (Å²) in [6.07, 6.45) is 1.00. The van der Waals surface area contributed by atoms with E-state index in [1.165, 1.54) is 5.56 Å². The van der Waals surface area contributed by atoms with Crippen molar-refractivity contribution < 1.29 is 4.74 Å². The number of hydrogen-bond acceptors (Lipinski definition) is 7. The molecule has 1 unspecified atom stereocenters. The largest absolute Gasteiger partial charge is 0.497 e. The minimum atomic E-state index is 0.243. The summed E-state index contributed by atoms with van der Waals surface area (Å²) in [6, 6.07) is 16.2. The molecule has 0 saturated heterocycles. The summed E-state index contributed by atoms with van der Waals surface area (Å²) in [5.74, 6) is 3.30. The highest BCUT2D eigenvalue weighted by atomic mass is 35.5. The maximum Gasteiger partial charge on any atom is 0.226 e. The smallest absolute Gasteiger partial charge is 0.226 e. The SMILES string of the molecule is COc1ccc(CN2CCC3NNc4nc(NCc5ccc(Cl)cc5)nc2c43)cc1. The van der Waals surface area contributed by atoms with Crippen molar-refractivity contribution >= 4 is 29.2 Å². The minimum Gasteiger partial charge on any atom is -0.497 e. The van der Waals surface area contributed by atoms with E-state index in [9.17, 15) is 0 Å². The highest BCUT2D eigenvalue weighted by molar-refractivity contribution is 6.30. The molecule has 7 nitrogen and oxygen atoms in total. The zero-order valence-electron chi connectivity index (χ0n) is 16.7. The van der Waals surface area contributed by atoms with Gasteiger partial charge in [0.25, 0.3) is 0 Å². The molecule has 3 aromatic rings. The lowest BCUT2D eigenvalue weighted by molar-refractivity contribution is 0.414. The van der Waals surface area contributed by atoms with Crippen LogP contribution in [0.25, 0.3) is 0 Å². The van der Waals surface area contributed by atoms with Crippen molar-refractivity contribution in [2.75, 3.05) is 29.3 Å². The van der Waals surface area contributed by atoms with E-state index < -0.39 is 0 Å². The molecule has 0 fully saturated rings. The second-order valence-corrected chi connectivity index (χ2v) is 7.93. The highest BCUT2D eigenvalue weighted by Crippen LogP contribution is 2.41. The molecule has 3 heterocycles. The van der Waals surface area contributed by atoms with E-state index in [0.29, 0.717) is 12.5 Å². The maximum atomic E-state index is 5.98. The fourth-order valence-corrected chi connectivity index (χ4v) is 4.04. The van der Waals surface area contributed by atoms with Crippen molar-refractivity contribution in [1.29, 1.82) is 0 Å². The van der Waals surface area contributed by atoms with Crippen LogP contribution in [0.4, 0.5) is 17.6 Å². The third-order valence-corrected chi connectivity index (χ3v) is 5.77. The predicted molar refractivity (Wildman–Crippen MR) is 119 cm³/mol. The molecule has 2 aliphatic rings. The summed E-state index contributed by atoms with van der Waals surface area (Å²) in [5, 5.41) is 4.08. The number of rotatable bonds is 6. The van der Waals surface area contributed by atoms with Gasteiger partial charge in [-0.15, -0.1) is 0 Å². The van der Waals surface area contributed by atoms with E-state index in [1.54, 1.807) is 7.11 Å². The molecule has 30 heavy (non-hydrogen) atoms. The monoisotopic (exact) mass is 422 g/mol. The Kier molecular flexibility index (Phi) is 5.06.